The smallest absolute Gasteiger partial charge is 0.250 e. The average molecular weight is 184 g/mol. The molecule has 0 aromatic heterocycles. The van der Waals surface area contributed by atoms with Crippen molar-refractivity contribution < 1.29 is 4.79 Å². The van der Waals surface area contributed by atoms with E-state index in [-0.39, 0.29) is 0 Å². The molecule has 0 fully saturated rings. The number of hydrogen-bond donors (Lipinski definition) is 3. The summed E-state index contributed by atoms with van der Waals surface area (Å²) in [5, 5.41) is 0. The number of hydrogen-bond acceptors (Lipinski definition) is 3. The van der Waals surface area contributed by atoms with Gasteiger partial charge in [-0.25, -0.2) is 0 Å². The van der Waals surface area contributed by atoms with E-state index < -0.39 is 5.91 Å². The number of amides is 1. The fourth-order valence-corrected chi connectivity index (χ4v) is 1.28. The van der Waals surface area contributed by atoms with Gasteiger partial charge in [0.2, 0.25) is 5.91 Å². The Morgan fingerprint density at radius 1 is 1.55 bits per heavy atom. The fourth-order valence-electron chi connectivity index (χ4n) is 0.671. The highest BCUT2D eigenvalue weighted by Gasteiger charge is 2.04. The quantitative estimate of drug-likeness (QED) is 0.563. The molecule has 1 aromatic carbocycles. The number of nitrogens with two attached hydrogens (primary N) is 1. The first-order chi connectivity index (χ1) is 5.11. The molecule has 57 valence electrons. The number of thiol groups is 2. The van der Waals surface area contributed by atoms with E-state index in [0.717, 1.165) is 0 Å². The minimum Gasteiger partial charge on any atom is -0.366 e. The summed E-state index contributed by atoms with van der Waals surface area (Å²) in [7, 11) is 0. The van der Waals surface area contributed by atoms with E-state index in [9.17, 15) is 4.79 Å². The second kappa shape index (κ2) is 3.19. The molecule has 0 aliphatic heterocycles. The van der Waals surface area contributed by atoms with Gasteiger partial charge in [0.15, 0.2) is 0 Å². The van der Waals surface area contributed by atoms with Crippen LogP contribution < -0.4 is 5.73 Å². The third-order valence-electron chi connectivity index (χ3n) is 1.15. The number of carbonyl (C=O) groups is 1. The highest BCUT2D eigenvalue weighted by atomic mass is 32.1. The molecule has 2 N–H and O–H groups in total. The SMILES string of the molecule is NC(=O)c1[c]cc(S)cc1S. The molecule has 0 spiro atoms. The van der Waals surface area contributed by atoms with Crippen LogP contribution in [0.5, 0.6) is 0 Å². The maximum atomic E-state index is 10.7. The van der Waals surface area contributed by atoms with E-state index in [2.05, 4.69) is 31.3 Å². The van der Waals surface area contributed by atoms with Crippen molar-refractivity contribution in [2.45, 2.75) is 9.79 Å². The lowest BCUT2D eigenvalue weighted by molar-refractivity contribution is 0.0997. The van der Waals surface area contributed by atoms with Crippen molar-refractivity contribution in [1.29, 1.82) is 0 Å². The second-order valence-electron chi connectivity index (χ2n) is 1.98. The van der Waals surface area contributed by atoms with E-state index in [4.69, 9.17) is 5.73 Å². The average Bonchev–Trinajstić information content (AvgIpc) is 1.85. The Morgan fingerprint density at radius 2 is 2.18 bits per heavy atom. The minimum atomic E-state index is -0.525. The fraction of sp³-hybridized carbons (Fsp3) is 0. The molecule has 11 heavy (non-hydrogen) atoms. The predicted octanol–water partition coefficient (Wildman–Crippen LogP) is 1.16. The number of primary amides is 1. The highest BCUT2D eigenvalue weighted by Crippen LogP contribution is 2.16. The van der Waals surface area contributed by atoms with Crippen LogP contribution in [0.3, 0.4) is 0 Å². The summed E-state index contributed by atoms with van der Waals surface area (Å²) in [4.78, 5) is 11.9. The van der Waals surface area contributed by atoms with E-state index in [1.165, 1.54) is 0 Å². The molecule has 0 heterocycles. The van der Waals surface area contributed by atoms with Gasteiger partial charge in [-0.3, -0.25) is 4.79 Å². The molecule has 1 radical (unpaired) electrons. The van der Waals surface area contributed by atoms with Gasteiger partial charge in [-0.1, -0.05) is 0 Å². The zero-order valence-electron chi connectivity index (χ0n) is 5.53. The Balaban J connectivity index is 3.20. The summed E-state index contributed by atoms with van der Waals surface area (Å²) in [5.74, 6) is -0.525. The molecule has 1 aromatic rings. The van der Waals surface area contributed by atoms with Crippen molar-refractivity contribution in [2.75, 3.05) is 0 Å². The first kappa shape index (κ1) is 8.49. The van der Waals surface area contributed by atoms with E-state index >= 15 is 0 Å². The monoisotopic (exact) mass is 184 g/mol. The van der Waals surface area contributed by atoms with Crippen molar-refractivity contribution in [1.82, 2.24) is 0 Å². The predicted molar refractivity (Wildman–Crippen MR) is 48.3 cm³/mol. The van der Waals surface area contributed by atoms with Crippen molar-refractivity contribution in [3.63, 3.8) is 0 Å². The lowest BCUT2D eigenvalue weighted by Gasteiger charge is -1.99. The van der Waals surface area contributed by atoms with Crippen molar-refractivity contribution >= 4 is 31.2 Å². The summed E-state index contributed by atoms with van der Waals surface area (Å²) in [6, 6.07) is 5.89. The van der Waals surface area contributed by atoms with Gasteiger partial charge in [0.05, 0.1) is 5.56 Å². The third-order valence-corrected chi connectivity index (χ3v) is 1.76. The van der Waals surface area contributed by atoms with E-state index in [1.807, 2.05) is 0 Å². The van der Waals surface area contributed by atoms with Crippen LogP contribution in [0.2, 0.25) is 0 Å². The van der Waals surface area contributed by atoms with Gasteiger partial charge >= 0.3 is 0 Å². The Morgan fingerprint density at radius 3 is 2.64 bits per heavy atom. The standard InChI is InChI=1S/C7H6NOS2/c8-7(9)5-2-1-4(10)3-6(5)11/h1,3,10-11H,(H2,8,9). The molecule has 0 bridgehead atoms. The molecular weight excluding hydrogens is 178 g/mol. The molecule has 0 aliphatic carbocycles. The summed E-state index contributed by atoms with van der Waals surface area (Å²) in [5.41, 5.74) is 5.32. The molecule has 0 atom stereocenters. The maximum Gasteiger partial charge on any atom is 0.250 e. The summed E-state index contributed by atoms with van der Waals surface area (Å²) >= 11 is 8.06. The van der Waals surface area contributed by atoms with Gasteiger partial charge in [-0.2, -0.15) is 0 Å². The Hall–Kier alpha value is -0.610. The zero-order chi connectivity index (χ0) is 8.43. The van der Waals surface area contributed by atoms with E-state index in [1.54, 1.807) is 12.1 Å². The zero-order valence-corrected chi connectivity index (χ0v) is 7.32. The third kappa shape index (κ3) is 1.91. The van der Waals surface area contributed by atoms with Gasteiger partial charge < -0.3 is 5.73 Å². The first-order valence-electron chi connectivity index (χ1n) is 2.84. The number of benzene rings is 1. The van der Waals surface area contributed by atoms with Crippen LogP contribution in [0.1, 0.15) is 10.4 Å². The van der Waals surface area contributed by atoms with Gasteiger partial charge in [0.1, 0.15) is 0 Å². The Kier molecular flexibility index (Phi) is 2.46. The lowest BCUT2D eigenvalue weighted by Crippen LogP contribution is -2.11. The molecule has 2 nitrogen and oxygen atoms in total. The highest BCUT2D eigenvalue weighted by molar-refractivity contribution is 7.81. The van der Waals surface area contributed by atoms with E-state index in [0.29, 0.717) is 15.4 Å². The second-order valence-corrected chi connectivity index (χ2v) is 2.98. The van der Waals surface area contributed by atoms with Gasteiger partial charge in [-0.05, 0) is 18.2 Å². The van der Waals surface area contributed by atoms with Crippen molar-refractivity contribution in [3.05, 3.63) is 23.8 Å². The van der Waals surface area contributed by atoms with Crippen molar-refractivity contribution in [2.24, 2.45) is 5.73 Å². The topological polar surface area (TPSA) is 43.1 Å². The molecule has 1 rings (SSSR count). The largest absolute Gasteiger partial charge is 0.366 e. The van der Waals surface area contributed by atoms with Crippen LogP contribution in [0, 0.1) is 6.07 Å². The first-order valence-corrected chi connectivity index (χ1v) is 3.74. The normalized spacial score (nSPS) is 9.64. The van der Waals surface area contributed by atoms with Crippen LogP contribution >= 0.6 is 25.3 Å². The van der Waals surface area contributed by atoms with Crippen LogP contribution in [-0.2, 0) is 0 Å². The molecule has 0 aliphatic rings. The Bertz CT molecular complexity index is 298. The summed E-state index contributed by atoms with van der Waals surface area (Å²) in [6.45, 7) is 0. The number of carbonyl (C=O) groups excluding carboxylic acids is 1. The number of rotatable bonds is 1. The van der Waals surface area contributed by atoms with Crippen LogP contribution in [-0.4, -0.2) is 5.91 Å². The lowest BCUT2D eigenvalue weighted by atomic mass is 10.2. The molecule has 1 amide bonds. The summed E-state index contributed by atoms with van der Waals surface area (Å²) in [6.07, 6.45) is 0. The van der Waals surface area contributed by atoms with Gasteiger partial charge in [0, 0.05) is 9.79 Å². The maximum absolute atomic E-state index is 10.7. The minimum absolute atomic E-state index is 0.297. The molecule has 0 saturated heterocycles. The van der Waals surface area contributed by atoms with Gasteiger partial charge in [0.25, 0.3) is 0 Å². The Labute approximate surface area is 75.6 Å². The molecule has 4 heteroatoms. The van der Waals surface area contributed by atoms with Crippen molar-refractivity contribution in [3.8, 4) is 0 Å². The molecular formula is C7H6NOS2. The summed E-state index contributed by atoms with van der Waals surface area (Å²) < 4.78 is 0. The van der Waals surface area contributed by atoms with Crippen LogP contribution in [0.4, 0.5) is 0 Å². The molecule has 0 saturated carbocycles. The van der Waals surface area contributed by atoms with Crippen LogP contribution in [0.25, 0.3) is 0 Å². The van der Waals surface area contributed by atoms with Crippen LogP contribution in [0.15, 0.2) is 21.9 Å². The molecule has 0 unspecified atom stereocenters. The van der Waals surface area contributed by atoms with Gasteiger partial charge in [-0.15, -0.1) is 25.3 Å².